The van der Waals surface area contributed by atoms with Crippen molar-refractivity contribution in [2.24, 2.45) is 5.92 Å². The number of aromatic nitrogens is 1. The highest BCUT2D eigenvalue weighted by atomic mass is 28.3. The van der Waals surface area contributed by atoms with Gasteiger partial charge in [0.2, 0.25) is 0 Å². The molecule has 146 valence electrons. The van der Waals surface area contributed by atoms with E-state index >= 15 is 0 Å². The first-order valence-electron chi connectivity index (χ1n) is 9.67. The molecule has 0 N–H and O–H groups in total. The first-order valence-corrected chi connectivity index (χ1v) is 13.2. The Kier molecular flexibility index (Phi) is 5.02. The zero-order chi connectivity index (χ0) is 20.0. The molecule has 3 heterocycles. The molecule has 1 saturated heterocycles. The zero-order valence-corrected chi connectivity index (χ0v) is 18.3. The average molecular weight is 387 g/mol. The molecule has 3 rings (SSSR count). The van der Waals surface area contributed by atoms with Gasteiger partial charge in [-0.15, -0.1) is 5.54 Å². The highest BCUT2D eigenvalue weighted by Gasteiger charge is 2.37. The van der Waals surface area contributed by atoms with Gasteiger partial charge in [-0.2, -0.15) is 0 Å². The number of carbonyl (C=O) groups is 1. The molecule has 2 aliphatic rings. The summed E-state index contributed by atoms with van der Waals surface area (Å²) >= 11 is 0. The van der Waals surface area contributed by atoms with E-state index in [-0.39, 0.29) is 17.6 Å². The molecular formula is C21H30N2O3Si. The van der Waals surface area contributed by atoms with Crippen molar-refractivity contribution in [3.63, 3.8) is 0 Å². The van der Waals surface area contributed by atoms with Crippen molar-refractivity contribution in [2.75, 3.05) is 13.1 Å². The Hall–Kier alpha value is -2.00. The Balaban J connectivity index is 1.89. The summed E-state index contributed by atoms with van der Waals surface area (Å²) in [4.78, 5) is 27.0. The normalized spacial score (nSPS) is 21.8. The molecule has 0 spiro atoms. The van der Waals surface area contributed by atoms with E-state index in [0.717, 1.165) is 17.7 Å². The first kappa shape index (κ1) is 19.8. The van der Waals surface area contributed by atoms with E-state index < -0.39 is 13.7 Å². The van der Waals surface area contributed by atoms with Gasteiger partial charge in [0.15, 0.2) is 0 Å². The maximum absolute atomic E-state index is 12.6. The second kappa shape index (κ2) is 6.86. The fourth-order valence-corrected chi connectivity index (χ4v) is 4.29. The molecule has 6 heteroatoms. The maximum Gasteiger partial charge on any atom is 0.410 e. The summed E-state index contributed by atoms with van der Waals surface area (Å²) in [6, 6.07) is 3.71. The number of piperidine rings is 1. The van der Waals surface area contributed by atoms with Crippen molar-refractivity contribution >= 4 is 14.2 Å². The Morgan fingerprint density at radius 1 is 1.19 bits per heavy atom. The SMILES string of the molecule is CC(C)(C)OC(=O)N1CC2C[C@@H](C1)c1cc(C#C[Si](C)(C)C)cc(=O)n1C2. The minimum absolute atomic E-state index is 0.0211. The van der Waals surface area contributed by atoms with Crippen LogP contribution in [-0.2, 0) is 11.3 Å². The maximum atomic E-state index is 12.6. The van der Waals surface area contributed by atoms with Crippen LogP contribution in [-0.4, -0.2) is 42.3 Å². The van der Waals surface area contributed by atoms with Gasteiger partial charge in [0.1, 0.15) is 13.7 Å². The highest BCUT2D eigenvalue weighted by Crippen LogP contribution is 2.35. The van der Waals surface area contributed by atoms with Crippen LogP contribution in [0, 0.1) is 17.4 Å². The van der Waals surface area contributed by atoms with E-state index in [1.165, 1.54) is 0 Å². The summed E-state index contributed by atoms with van der Waals surface area (Å²) in [5.41, 5.74) is 4.66. The van der Waals surface area contributed by atoms with Gasteiger partial charge < -0.3 is 14.2 Å². The minimum atomic E-state index is -1.51. The topological polar surface area (TPSA) is 51.5 Å². The molecule has 1 aromatic rings. The highest BCUT2D eigenvalue weighted by molar-refractivity contribution is 6.83. The Labute approximate surface area is 162 Å². The smallest absolute Gasteiger partial charge is 0.410 e. The second-order valence-electron chi connectivity index (χ2n) is 9.80. The van der Waals surface area contributed by atoms with Crippen molar-refractivity contribution in [3.05, 3.63) is 33.7 Å². The van der Waals surface area contributed by atoms with Gasteiger partial charge in [0, 0.05) is 42.9 Å². The van der Waals surface area contributed by atoms with Gasteiger partial charge in [-0.25, -0.2) is 4.79 Å². The Bertz CT molecular complexity index is 865. The molecule has 2 aliphatic heterocycles. The number of amides is 1. The molecular weight excluding hydrogens is 356 g/mol. The number of fused-ring (bicyclic) bond motifs is 4. The summed E-state index contributed by atoms with van der Waals surface area (Å²) in [5, 5.41) is 0. The molecule has 1 aromatic heterocycles. The molecule has 2 bridgehead atoms. The lowest BCUT2D eigenvalue weighted by atomic mass is 9.83. The van der Waals surface area contributed by atoms with Gasteiger partial charge in [-0.3, -0.25) is 4.79 Å². The third-order valence-corrected chi connectivity index (χ3v) is 5.66. The quantitative estimate of drug-likeness (QED) is 0.507. The number of likely N-dealkylation sites (tertiary alicyclic amines) is 1. The molecule has 1 unspecified atom stereocenters. The summed E-state index contributed by atoms with van der Waals surface area (Å²) in [6.45, 7) is 14.1. The van der Waals surface area contributed by atoms with Gasteiger partial charge in [-0.05, 0) is 39.2 Å². The van der Waals surface area contributed by atoms with Crippen LogP contribution in [0.25, 0.3) is 0 Å². The molecule has 0 saturated carbocycles. The van der Waals surface area contributed by atoms with E-state index in [9.17, 15) is 9.59 Å². The Morgan fingerprint density at radius 3 is 2.52 bits per heavy atom. The van der Waals surface area contributed by atoms with Crippen LogP contribution >= 0.6 is 0 Å². The second-order valence-corrected chi connectivity index (χ2v) is 14.6. The van der Waals surface area contributed by atoms with E-state index in [4.69, 9.17) is 4.74 Å². The van der Waals surface area contributed by atoms with Crippen LogP contribution in [0.15, 0.2) is 16.9 Å². The van der Waals surface area contributed by atoms with E-state index in [1.807, 2.05) is 31.4 Å². The fourth-order valence-electron chi connectivity index (χ4n) is 3.77. The number of hydrogen-bond acceptors (Lipinski definition) is 3. The van der Waals surface area contributed by atoms with Gasteiger partial charge in [-0.1, -0.05) is 25.6 Å². The number of nitrogens with zero attached hydrogens (tertiary/aromatic N) is 2. The van der Waals surface area contributed by atoms with Gasteiger partial charge >= 0.3 is 6.09 Å². The number of hydrogen-bond donors (Lipinski definition) is 0. The van der Waals surface area contributed by atoms with Crippen molar-refractivity contribution in [2.45, 2.75) is 64.9 Å². The zero-order valence-electron chi connectivity index (χ0n) is 17.3. The van der Waals surface area contributed by atoms with Crippen LogP contribution < -0.4 is 5.56 Å². The Morgan fingerprint density at radius 2 is 1.89 bits per heavy atom. The molecule has 0 aliphatic carbocycles. The predicted molar refractivity (Wildman–Crippen MR) is 110 cm³/mol. The van der Waals surface area contributed by atoms with Crippen molar-refractivity contribution in [1.29, 1.82) is 0 Å². The van der Waals surface area contributed by atoms with Crippen molar-refractivity contribution in [3.8, 4) is 11.5 Å². The molecule has 5 nitrogen and oxygen atoms in total. The van der Waals surface area contributed by atoms with E-state index in [2.05, 4.69) is 31.1 Å². The van der Waals surface area contributed by atoms with Crippen LogP contribution in [0.1, 0.15) is 44.4 Å². The third kappa shape index (κ3) is 4.84. The lowest BCUT2D eigenvalue weighted by molar-refractivity contribution is 0.0102. The molecule has 1 fully saturated rings. The van der Waals surface area contributed by atoms with Crippen LogP contribution in [0.2, 0.25) is 19.6 Å². The van der Waals surface area contributed by atoms with Crippen LogP contribution in [0.4, 0.5) is 4.79 Å². The lowest BCUT2D eigenvalue weighted by Gasteiger charge is -2.42. The van der Waals surface area contributed by atoms with Crippen LogP contribution in [0.5, 0.6) is 0 Å². The van der Waals surface area contributed by atoms with Gasteiger partial charge in [0.25, 0.3) is 5.56 Å². The number of ether oxygens (including phenoxy) is 1. The number of carbonyl (C=O) groups excluding carboxylic acids is 1. The molecule has 0 radical (unpaired) electrons. The molecule has 0 aromatic carbocycles. The van der Waals surface area contributed by atoms with E-state index in [1.54, 1.807) is 11.0 Å². The molecule has 27 heavy (non-hydrogen) atoms. The lowest BCUT2D eigenvalue weighted by Crippen LogP contribution is -2.50. The summed E-state index contributed by atoms with van der Waals surface area (Å²) in [5.74, 6) is 3.66. The predicted octanol–water partition coefficient (Wildman–Crippen LogP) is 3.43. The minimum Gasteiger partial charge on any atom is -0.444 e. The average Bonchev–Trinajstić information content (AvgIpc) is 2.51. The van der Waals surface area contributed by atoms with E-state index in [0.29, 0.717) is 25.6 Å². The monoisotopic (exact) mass is 386 g/mol. The number of pyridine rings is 1. The molecule has 1 amide bonds. The van der Waals surface area contributed by atoms with Crippen molar-refractivity contribution in [1.82, 2.24) is 9.47 Å². The third-order valence-electron chi connectivity index (χ3n) is 4.79. The number of rotatable bonds is 0. The van der Waals surface area contributed by atoms with Gasteiger partial charge in [0.05, 0.1) is 0 Å². The van der Waals surface area contributed by atoms with Crippen LogP contribution in [0.3, 0.4) is 0 Å². The first-order chi connectivity index (χ1) is 12.4. The largest absolute Gasteiger partial charge is 0.444 e. The molecule has 2 atom stereocenters. The van der Waals surface area contributed by atoms with Crippen molar-refractivity contribution < 1.29 is 9.53 Å². The fraction of sp³-hybridized carbons (Fsp3) is 0.619. The summed E-state index contributed by atoms with van der Waals surface area (Å²) in [7, 11) is -1.51. The standard InChI is InChI=1S/C21H30N2O3Si/c1-21(2,3)26-20(25)22-12-16-9-17(14-22)18-10-15(7-8-27(4,5)6)11-19(24)23(18)13-16/h10-11,16-17H,9,12-14H2,1-6H3/t16?,17-/m0/s1. The summed E-state index contributed by atoms with van der Waals surface area (Å²) < 4.78 is 7.43. The summed E-state index contributed by atoms with van der Waals surface area (Å²) in [6.07, 6.45) is 0.742.